The first-order valence-corrected chi connectivity index (χ1v) is 16.9. The summed E-state index contributed by atoms with van der Waals surface area (Å²) in [6.07, 6.45) is 8.48. The number of nitrogens with zero attached hydrogens (tertiary/aromatic N) is 4. The molecule has 0 aromatic rings. The van der Waals surface area contributed by atoms with Crippen molar-refractivity contribution in [2.45, 2.75) is 68.4 Å². The van der Waals surface area contributed by atoms with Gasteiger partial charge in [-0.2, -0.15) is 0 Å². The summed E-state index contributed by atoms with van der Waals surface area (Å²) in [7, 11) is 0. The molecule has 6 atom stereocenters. The zero-order chi connectivity index (χ0) is 30.3. The van der Waals surface area contributed by atoms with Crippen molar-refractivity contribution in [3.63, 3.8) is 0 Å². The van der Waals surface area contributed by atoms with Crippen molar-refractivity contribution in [2.75, 3.05) is 72.2 Å². The van der Waals surface area contributed by atoms with E-state index >= 15 is 0 Å². The van der Waals surface area contributed by atoms with Crippen LogP contribution in [0, 0.1) is 17.8 Å². The SMILES string of the molecule is C=CCN(CCN1CCOCC1)C(=O)C1N(CCCCCCO)C(=O)[C@@H]2[C@H](C(=O)N(CC=C)CCC)[C@@H]3CC(C)C12S3. The fourth-order valence-corrected chi connectivity index (χ4v) is 10.1. The van der Waals surface area contributed by atoms with Crippen LogP contribution in [0.4, 0.5) is 0 Å². The van der Waals surface area contributed by atoms with Crippen LogP contribution in [-0.2, 0) is 19.1 Å². The smallest absolute Gasteiger partial charge is 0.247 e. The molecule has 42 heavy (non-hydrogen) atoms. The second-order valence-corrected chi connectivity index (χ2v) is 13.9. The molecular formula is C32H52N4O5S. The molecule has 1 spiro atoms. The minimum absolute atomic E-state index is 0.0148. The van der Waals surface area contributed by atoms with Crippen LogP contribution in [-0.4, -0.2) is 131 Å². The third kappa shape index (κ3) is 6.47. The van der Waals surface area contributed by atoms with Crippen LogP contribution in [0.5, 0.6) is 0 Å². The predicted molar refractivity (Wildman–Crippen MR) is 167 cm³/mol. The number of aliphatic hydroxyl groups excluding tert-OH is 1. The molecule has 0 radical (unpaired) electrons. The molecule has 1 N–H and O–H groups in total. The molecule has 2 bridgehead atoms. The zero-order valence-electron chi connectivity index (χ0n) is 25.8. The topological polar surface area (TPSA) is 93.6 Å². The number of thioether (sulfide) groups is 1. The maximum atomic E-state index is 14.7. The standard InChI is InChI=1S/C32H52N4O5S/c1-5-12-34(13-6-2)29(38)26-25-23-24(4)32(42-25)27(26)30(39)36(15-10-8-9-11-20-37)28(32)31(40)35(14-7-3)17-16-33-18-21-41-22-19-33/h5,7,24-28,37H,1,3,6,8-23H2,2,4H3/t24?,25-,26+,27-,28?,32?/m0/s1. The summed E-state index contributed by atoms with van der Waals surface area (Å²) >= 11 is 1.75. The monoisotopic (exact) mass is 604 g/mol. The lowest BCUT2D eigenvalue weighted by atomic mass is 9.65. The van der Waals surface area contributed by atoms with Crippen molar-refractivity contribution in [2.24, 2.45) is 17.8 Å². The first kappa shape index (κ1) is 33.0. The number of hydrogen-bond acceptors (Lipinski definition) is 7. The number of morpholine rings is 1. The van der Waals surface area contributed by atoms with Gasteiger partial charge in [0.05, 0.1) is 29.8 Å². The van der Waals surface area contributed by atoms with E-state index in [4.69, 9.17) is 4.74 Å². The summed E-state index contributed by atoms with van der Waals surface area (Å²) in [5.74, 6) is -0.781. The number of carbonyl (C=O) groups is 3. The van der Waals surface area contributed by atoms with Crippen molar-refractivity contribution in [1.82, 2.24) is 19.6 Å². The number of amides is 3. The highest BCUT2D eigenvalue weighted by atomic mass is 32.2. The third-order valence-corrected chi connectivity index (χ3v) is 11.8. The zero-order valence-corrected chi connectivity index (χ0v) is 26.6. The summed E-state index contributed by atoms with van der Waals surface area (Å²) in [5, 5.41) is 9.26. The average Bonchev–Trinajstić information content (AvgIpc) is 3.58. The number of ether oxygens (including phenoxy) is 1. The van der Waals surface area contributed by atoms with Gasteiger partial charge in [0.25, 0.3) is 0 Å². The Kier molecular flexibility index (Phi) is 12.0. The van der Waals surface area contributed by atoms with Crippen LogP contribution in [0.2, 0.25) is 0 Å². The maximum absolute atomic E-state index is 14.7. The quantitative estimate of drug-likeness (QED) is 0.202. The second-order valence-electron chi connectivity index (χ2n) is 12.3. The lowest BCUT2D eigenvalue weighted by Gasteiger charge is -2.41. The fraction of sp³-hybridized carbons (Fsp3) is 0.781. The van der Waals surface area contributed by atoms with E-state index in [1.165, 1.54) is 0 Å². The highest BCUT2D eigenvalue weighted by Gasteiger charge is 2.76. The molecule has 3 amide bonds. The number of aliphatic hydroxyl groups is 1. The maximum Gasteiger partial charge on any atom is 0.247 e. The van der Waals surface area contributed by atoms with Gasteiger partial charge in [-0.25, -0.2) is 0 Å². The average molecular weight is 605 g/mol. The minimum Gasteiger partial charge on any atom is -0.396 e. The number of fused-ring (bicyclic) bond motifs is 1. The van der Waals surface area contributed by atoms with Crippen molar-refractivity contribution in [1.29, 1.82) is 0 Å². The molecule has 4 saturated heterocycles. The van der Waals surface area contributed by atoms with E-state index in [9.17, 15) is 19.5 Å². The van der Waals surface area contributed by atoms with E-state index < -0.39 is 22.6 Å². The largest absolute Gasteiger partial charge is 0.396 e. The molecule has 0 aromatic heterocycles. The van der Waals surface area contributed by atoms with Crippen LogP contribution in [0.15, 0.2) is 25.3 Å². The Hall–Kier alpha value is -1.88. The lowest BCUT2D eigenvalue weighted by Crippen LogP contribution is -2.58. The Bertz CT molecular complexity index is 975. The van der Waals surface area contributed by atoms with E-state index in [0.29, 0.717) is 45.9 Å². The van der Waals surface area contributed by atoms with Crippen LogP contribution in [0.1, 0.15) is 52.4 Å². The molecular weight excluding hydrogens is 552 g/mol. The molecule has 9 nitrogen and oxygen atoms in total. The molecule has 4 fully saturated rings. The second kappa shape index (κ2) is 15.2. The van der Waals surface area contributed by atoms with Gasteiger partial charge in [0.1, 0.15) is 6.04 Å². The Labute approximate surface area is 256 Å². The van der Waals surface area contributed by atoms with Gasteiger partial charge in [0, 0.05) is 64.2 Å². The molecule has 236 valence electrons. The Morgan fingerprint density at radius 3 is 2.36 bits per heavy atom. The predicted octanol–water partition coefficient (Wildman–Crippen LogP) is 2.65. The van der Waals surface area contributed by atoms with Crippen LogP contribution in [0.25, 0.3) is 0 Å². The number of rotatable bonds is 17. The van der Waals surface area contributed by atoms with E-state index in [0.717, 1.165) is 58.2 Å². The first-order valence-electron chi connectivity index (χ1n) is 16.0. The van der Waals surface area contributed by atoms with Gasteiger partial charge in [-0.1, -0.05) is 38.8 Å². The van der Waals surface area contributed by atoms with Crippen molar-refractivity contribution in [3.8, 4) is 0 Å². The summed E-state index contributed by atoms with van der Waals surface area (Å²) in [5.41, 5.74) is 0. The third-order valence-electron chi connectivity index (χ3n) is 9.68. The molecule has 0 aromatic carbocycles. The van der Waals surface area contributed by atoms with Gasteiger partial charge in [0.15, 0.2) is 0 Å². The van der Waals surface area contributed by atoms with E-state index in [-0.39, 0.29) is 35.5 Å². The molecule has 4 rings (SSSR count). The molecule has 4 aliphatic heterocycles. The highest BCUT2D eigenvalue weighted by Crippen LogP contribution is 2.68. The van der Waals surface area contributed by atoms with E-state index in [2.05, 4.69) is 31.9 Å². The number of unbranched alkanes of at least 4 members (excludes halogenated alkanes) is 3. The van der Waals surface area contributed by atoms with E-state index in [1.807, 2.05) is 14.7 Å². The highest BCUT2D eigenvalue weighted by molar-refractivity contribution is 8.02. The van der Waals surface area contributed by atoms with Gasteiger partial charge < -0.3 is 24.5 Å². The minimum atomic E-state index is -0.616. The number of carbonyl (C=O) groups excluding carboxylic acids is 3. The lowest BCUT2D eigenvalue weighted by molar-refractivity contribution is -0.145. The Balaban J connectivity index is 1.65. The molecule has 4 heterocycles. The molecule has 0 saturated carbocycles. The Morgan fingerprint density at radius 1 is 1.05 bits per heavy atom. The van der Waals surface area contributed by atoms with Gasteiger partial charge >= 0.3 is 0 Å². The number of likely N-dealkylation sites (tertiary alicyclic amines) is 1. The fourth-order valence-electron chi connectivity index (χ4n) is 7.70. The molecule has 3 unspecified atom stereocenters. The molecule has 10 heteroatoms. The summed E-state index contributed by atoms with van der Waals surface area (Å²) in [6, 6.07) is -0.598. The summed E-state index contributed by atoms with van der Waals surface area (Å²) in [4.78, 5) is 51.1. The van der Waals surface area contributed by atoms with Crippen LogP contribution < -0.4 is 0 Å². The van der Waals surface area contributed by atoms with Crippen LogP contribution >= 0.6 is 11.8 Å². The molecule has 0 aliphatic carbocycles. The van der Waals surface area contributed by atoms with Crippen molar-refractivity contribution in [3.05, 3.63) is 25.3 Å². The summed E-state index contributed by atoms with van der Waals surface area (Å²) in [6.45, 7) is 18.6. The number of hydrogen-bond donors (Lipinski definition) is 1. The van der Waals surface area contributed by atoms with Crippen LogP contribution in [0.3, 0.4) is 0 Å². The van der Waals surface area contributed by atoms with Gasteiger partial charge in [0.2, 0.25) is 17.7 Å². The van der Waals surface area contributed by atoms with Gasteiger partial charge in [-0.3, -0.25) is 19.3 Å². The van der Waals surface area contributed by atoms with Gasteiger partial charge in [-0.15, -0.1) is 24.9 Å². The Morgan fingerprint density at radius 2 is 1.71 bits per heavy atom. The van der Waals surface area contributed by atoms with Gasteiger partial charge in [-0.05, 0) is 31.6 Å². The normalized spacial score (nSPS) is 30.4. The first-order chi connectivity index (χ1) is 20.3. The summed E-state index contributed by atoms with van der Waals surface area (Å²) < 4.78 is 4.89. The molecule has 4 aliphatic rings. The van der Waals surface area contributed by atoms with Crippen molar-refractivity contribution >= 4 is 29.5 Å². The van der Waals surface area contributed by atoms with E-state index in [1.54, 1.807) is 23.9 Å². The van der Waals surface area contributed by atoms with Crippen molar-refractivity contribution < 1.29 is 24.2 Å².